The van der Waals surface area contributed by atoms with Gasteiger partial charge in [0.1, 0.15) is 6.61 Å². The van der Waals surface area contributed by atoms with Crippen molar-refractivity contribution in [2.75, 3.05) is 26.4 Å². The third kappa shape index (κ3) is 4.38. The number of carboxylic acids is 1. The molecule has 0 spiro atoms. The summed E-state index contributed by atoms with van der Waals surface area (Å²) in [6.07, 6.45) is -1.24. The Bertz CT molecular complexity index is 1040. The molecule has 2 amide bonds. The maximum absolute atomic E-state index is 14.3. The summed E-state index contributed by atoms with van der Waals surface area (Å²) in [7, 11) is 0. The molecule has 1 aliphatic heterocycles. The number of hydrogen-bond donors (Lipinski definition) is 3. The van der Waals surface area contributed by atoms with Crippen LogP contribution in [0.25, 0.3) is 11.1 Å². The van der Waals surface area contributed by atoms with E-state index in [4.69, 9.17) is 9.47 Å². The van der Waals surface area contributed by atoms with Crippen LogP contribution in [-0.2, 0) is 19.1 Å². The van der Waals surface area contributed by atoms with Crippen molar-refractivity contribution in [2.45, 2.75) is 23.8 Å². The van der Waals surface area contributed by atoms with Gasteiger partial charge < -0.3 is 25.2 Å². The van der Waals surface area contributed by atoms with E-state index in [-0.39, 0.29) is 25.6 Å². The largest absolute Gasteiger partial charge is 0.479 e. The van der Waals surface area contributed by atoms with Crippen LogP contribution < -0.4 is 10.6 Å². The van der Waals surface area contributed by atoms with Gasteiger partial charge in [0.05, 0.1) is 13.2 Å². The van der Waals surface area contributed by atoms with Crippen LogP contribution in [0.5, 0.6) is 0 Å². The molecule has 0 aromatic heterocycles. The summed E-state index contributed by atoms with van der Waals surface area (Å²) < 4.78 is 38.7. The molecule has 33 heavy (non-hydrogen) atoms. The highest BCUT2D eigenvalue weighted by Crippen LogP contribution is 2.44. The Kier molecular flexibility index (Phi) is 6.03. The van der Waals surface area contributed by atoms with E-state index in [1.165, 1.54) is 0 Å². The predicted octanol–water partition coefficient (Wildman–Crippen LogP) is 2.52. The lowest BCUT2D eigenvalue weighted by Crippen LogP contribution is -2.60. The van der Waals surface area contributed by atoms with Gasteiger partial charge in [-0.1, -0.05) is 48.5 Å². The molecule has 2 aromatic rings. The number of carboxylic acid groups (broad SMARTS) is 1. The lowest BCUT2D eigenvalue weighted by Gasteiger charge is -2.26. The number of hydrogen-bond acceptors (Lipinski definition) is 5. The Balaban J connectivity index is 1.34. The second-order valence-corrected chi connectivity index (χ2v) is 8.03. The van der Waals surface area contributed by atoms with Crippen LogP contribution in [0, 0.1) is 0 Å². The van der Waals surface area contributed by atoms with Crippen molar-refractivity contribution in [3.05, 3.63) is 59.7 Å². The number of fused-ring (bicyclic) bond motifs is 3. The van der Waals surface area contributed by atoms with E-state index < -0.39 is 42.6 Å². The normalized spacial score (nSPS) is 19.5. The van der Waals surface area contributed by atoms with Crippen molar-refractivity contribution in [2.24, 2.45) is 0 Å². The average Bonchev–Trinajstić information content (AvgIpc) is 3.40. The highest BCUT2D eigenvalue weighted by atomic mass is 19.3. The molecule has 1 unspecified atom stereocenters. The number of benzene rings is 2. The SMILES string of the molecule is O=C(NCC(F)(F)C(=O)NC1(C(=O)O)CCOC1)OCC1c2ccccc2-c2ccccc21. The van der Waals surface area contributed by atoms with Gasteiger partial charge in [-0.2, -0.15) is 8.78 Å². The molecule has 1 fully saturated rings. The van der Waals surface area contributed by atoms with Crippen molar-refractivity contribution in [1.29, 1.82) is 0 Å². The number of carbonyl (C=O) groups excluding carboxylic acids is 2. The summed E-state index contributed by atoms with van der Waals surface area (Å²) in [6, 6.07) is 15.3. The number of ether oxygens (including phenoxy) is 2. The minimum absolute atomic E-state index is 0.0240. The second-order valence-electron chi connectivity index (χ2n) is 8.03. The summed E-state index contributed by atoms with van der Waals surface area (Å²) >= 11 is 0. The molecule has 2 aromatic carbocycles. The first kappa shape index (κ1) is 22.7. The van der Waals surface area contributed by atoms with Gasteiger partial charge in [0, 0.05) is 18.9 Å². The molecule has 0 saturated carbocycles. The molecular weight excluding hydrogens is 438 g/mol. The Morgan fingerprint density at radius 3 is 2.24 bits per heavy atom. The average molecular weight is 460 g/mol. The van der Waals surface area contributed by atoms with Gasteiger partial charge in [-0.15, -0.1) is 0 Å². The fourth-order valence-electron chi connectivity index (χ4n) is 4.11. The molecule has 3 N–H and O–H groups in total. The molecule has 1 heterocycles. The highest BCUT2D eigenvalue weighted by Gasteiger charge is 2.49. The van der Waals surface area contributed by atoms with Gasteiger partial charge in [0.2, 0.25) is 0 Å². The highest BCUT2D eigenvalue weighted by molar-refractivity contribution is 5.91. The molecular formula is C23H22F2N2O6. The van der Waals surface area contributed by atoms with Crippen molar-refractivity contribution >= 4 is 18.0 Å². The fourth-order valence-corrected chi connectivity index (χ4v) is 4.11. The molecule has 10 heteroatoms. The Morgan fingerprint density at radius 2 is 1.70 bits per heavy atom. The van der Waals surface area contributed by atoms with Crippen molar-refractivity contribution < 1.29 is 37.7 Å². The Morgan fingerprint density at radius 1 is 1.09 bits per heavy atom. The van der Waals surface area contributed by atoms with E-state index in [2.05, 4.69) is 0 Å². The zero-order valence-corrected chi connectivity index (χ0v) is 17.5. The van der Waals surface area contributed by atoms with Gasteiger partial charge >= 0.3 is 18.0 Å². The monoisotopic (exact) mass is 460 g/mol. The van der Waals surface area contributed by atoms with Crippen LogP contribution >= 0.6 is 0 Å². The summed E-state index contributed by atoms with van der Waals surface area (Å²) in [5.41, 5.74) is 2.06. The molecule has 0 bridgehead atoms. The first-order valence-electron chi connectivity index (χ1n) is 10.3. The standard InChI is InChI=1S/C23H22F2N2O6/c24-23(25,19(28)27-22(20(29)30)9-10-32-13-22)12-26-21(31)33-11-18-16-7-3-1-5-14(16)15-6-2-4-8-17(15)18/h1-8,18H,9-13H2,(H,26,31)(H,27,28)(H,29,30). The van der Waals surface area contributed by atoms with Gasteiger partial charge in [-0.05, 0) is 22.3 Å². The first-order valence-corrected chi connectivity index (χ1v) is 10.3. The summed E-state index contributed by atoms with van der Waals surface area (Å²) in [6.45, 7) is -1.80. The van der Waals surface area contributed by atoms with Crippen LogP contribution in [-0.4, -0.2) is 60.9 Å². The molecule has 174 valence electrons. The third-order valence-electron chi connectivity index (χ3n) is 5.91. The van der Waals surface area contributed by atoms with Crippen LogP contribution in [0.1, 0.15) is 23.5 Å². The quantitative estimate of drug-likeness (QED) is 0.585. The number of aliphatic carboxylic acids is 1. The maximum atomic E-state index is 14.3. The van der Waals surface area contributed by atoms with Gasteiger partial charge in [-0.3, -0.25) is 4.79 Å². The number of rotatable bonds is 7. The van der Waals surface area contributed by atoms with Crippen LogP contribution in [0.2, 0.25) is 0 Å². The van der Waals surface area contributed by atoms with Crippen molar-refractivity contribution in [3.8, 4) is 11.1 Å². The molecule has 1 atom stereocenters. The van der Waals surface area contributed by atoms with Crippen LogP contribution in [0.3, 0.4) is 0 Å². The Labute approximate surface area is 187 Å². The summed E-state index contributed by atoms with van der Waals surface area (Å²) in [4.78, 5) is 35.5. The molecule has 2 aliphatic rings. The summed E-state index contributed by atoms with van der Waals surface area (Å²) in [5, 5.41) is 13.0. The van der Waals surface area contributed by atoms with E-state index in [1.54, 1.807) is 0 Å². The maximum Gasteiger partial charge on any atom is 0.407 e. The molecule has 0 radical (unpaired) electrons. The zero-order chi connectivity index (χ0) is 23.6. The van der Waals surface area contributed by atoms with Crippen molar-refractivity contribution in [1.82, 2.24) is 10.6 Å². The van der Waals surface area contributed by atoms with Gasteiger partial charge in [0.15, 0.2) is 5.54 Å². The third-order valence-corrected chi connectivity index (χ3v) is 5.91. The lowest BCUT2D eigenvalue weighted by molar-refractivity contribution is -0.155. The number of carbonyl (C=O) groups is 3. The van der Waals surface area contributed by atoms with E-state index in [0.29, 0.717) is 0 Å². The number of halogens is 2. The van der Waals surface area contributed by atoms with E-state index in [1.807, 2.05) is 59.2 Å². The predicted molar refractivity (Wildman–Crippen MR) is 112 cm³/mol. The van der Waals surface area contributed by atoms with Crippen LogP contribution in [0.4, 0.5) is 13.6 Å². The molecule has 4 rings (SSSR count). The van der Waals surface area contributed by atoms with E-state index in [0.717, 1.165) is 22.3 Å². The second kappa shape index (κ2) is 8.78. The molecule has 1 aliphatic carbocycles. The van der Waals surface area contributed by atoms with Crippen LogP contribution in [0.15, 0.2) is 48.5 Å². The van der Waals surface area contributed by atoms with Gasteiger partial charge in [0.25, 0.3) is 5.91 Å². The van der Waals surface area contributed by atoms with Gasteiger partial charge in [-0.25, -0.2) is 9.59 Å². The van der Waals surface area contributed by atoms with E-state index in [9.17, 15) is 28.3 Å². The van der Waals surface area contributed by atoms with Crippen molar-refractivity contribution in [3.63, 3.8) is 0 Å². The number of nitrogens with one attached hydrogen (secondary N) is 2. The lowest BCUT2D eigenvalue weighted by atomic mass is 9.98. The summed E-state index contributed by atoms with van der Waals surface area (Å²) in [5.74, 6) is -7.57. The number of amides is 2. The van der Waals surface area contributed by atoms with E-state index >= 15 is 0 Å². The number of alkyl carbamates (subject to hydrolysis) is 1. The minimum atomic E-state index is -4.05. The molecule has 8 nitrogen and oxygen atoms in total. The minimum Gasteiger partial charge on any atom is -0.479 e. The Hall–Kier alpha value is -3.53. The topological polar surface area (TPSA) is 114 Å². The smallest absolute Gasteiger partial charge is 0.407 e. The zero-order valence-electron chi connectivity index (χ0n) is 17.5. The first-order chi connectivity index (χ1) is 15.7. The molecule has 1 saturated heterocycles. The number of alkyl halides is 2. The fraction of sp³-hybridized carbons (Fsp3) is 0.348.